The third-order valence-corrected chi connectivity index (χ3v) is 10.8. The van der Waals surface area contributed by atoms with Gasteiger partial charge >= 0.3 is 6.09 Å². The molecule has 0 fully saturated rings. The van der Waals surface area contributed by atoms with Gasteiger partial charge in [0.15, 0.2) is 0 Å². The van der Waals surface area contributed by atoms with Crippen molar-refractivity contribution in [2.24, 2.45) is 9.36 Å². The fraction of sp³-hybridized carbons (Fsp3) is 0.464. The minimum absolute atomic E-state index is 0.0856. The number of nitriles is 1. The normalized spacial score (nSPS) is 25.1. The van der Waals surface area contributed by atoms with Crippen LogP contribution in [0.3, 0.4) is 0 Å². The molecule has 2 aliphatic heterocycles. The van der Waals surface area contributed by atoms with Crippen LogP contribution in [0.4, 0.5) is 14.9 Å². The van der Waals surface area contributed by atoms with Crippen molar-refractivity contribution in [3.63, 3.8) is 0 Å². The molecule has 1 aromatic heterocycles. The van der Waals surface area contributed by atoms with Crippen molar-refractivity contribution in [1.29, 1.82) is 5.26 Å². The van der Waals surface area contributed by atoms with Crippen molar-refractivity contribution in [3.8, 4) is 6.07 Å². The van der Waals surface area contributed by atoms with Gasteiger partial charge in [0.2, 0.25) is 0 Å². The second-order valence-corrected chi connectivity index (χ2v) is 14.6. The van der Waals surface area contributed by atoms with E-state index in [2.05, 4.69) is 20.0 Å². The largest absolute Gasteiger partial charge is 0.444 e. The molecule has 1 aromatic carbocycles. The number of fused-ring (bicyclic) bond motifs is 1. The van der Waals surface area contributed by atoms with Gasteiger partial charge in [-0.3, -0.25) is 15.1 Å². The molecular weight excluding hydrogens is 535 g/mol. The molecule has 4 rings (SSSR count). The maximum absolute atomic E-state index is 15.5. The number of amides is 2. The first-order valence-electron chi connectivity index (χ1n) is 12.8. The van der Waals surface area contributed by atoms with Crippen molar-refractivity contribution in [3.05, 3.63) is 58.7 Å². The molecule has 2 unspecified atom stereocenters. The fourth-order valence-corrected chi connectivity index (χ4v) is 8.30. The van der Waals surface area contributed by atoms with E-state index in [1.165, 1.54) is 24.4 Å². The maximum atomic E-state index is 15.5. The summed E-state index contributed by atoms with van der Waals surface area (Å²) in [6, 6.07) is 7.60. The highest BCUT2D eigenvalue weighted by Gasteiger charge is 2.57. The summed E-state index contributed by atoms with van der Waals surface area (Å²) >= 11 is 0. The molecule has 40 heavy (non-hydrogen) atoms. The standard InChI is InChI=1S/C28H33FN6O4S/c1-16-12-17(14-30)15-31-22(16)23(36)33-18-8-9-20(29)19(13-18)28(7)21-10-11-32-40(21,38)27(5,6)24(35-28)34-25(37)39-26(2,3)4/h8-9,12-13,15,21H,10-11H2,1-7H3,(H,33,36)(H,34,35,37)/t21?,28-,40?/m1/s1. The number of pyridine rings is 1. The molecule has 2 N–H and O–H groups in total. The molecule has 2 aromatic rings. The summed E-state index contributed by atoms with van der Waals surface area (Å²) in [5, 5.41) is 13.8. The van der Waals surface area contributed by atoms with E-state index in [9.17, 15) is 13.8 Å². The summed E-state index contributed by atoms with van der Waals surface area (Å²) in [4.78, 5) is 34.6. The summed E-state index contributed by atoms with van der Waals surface area (Å²) in [6.07, 6.45) is 0.941. The van der Waals surface area contributed by atoms with Gasteiger partial charge < -0.3 is 10.1 Å². The number of amidine groups is 1. The van der Waals surface area contributed by atoms with Gasteiger partial charge in [0.25, 0.3) is 5.91 Å². The van der Waals surface area contributed by atoms with Crippen LogP contribution in [0, 0.1) is 24.1 Å². The van der Waals surface area contributed by atoms with Gasteiger partial charge in [-0.1, -0.05) is 0 Å². The summed E-state index contributed by atoms with van der Waals surface area (Å²) in [6.45, 7) is 12.2. The number of alkyl carbamates (subject to hydrolysis) is 1. The van der Waals surface area contributed by atoms with Crippen LogP contribution >= 0.6 is 0 Å². The van der Waals surface area contributed by atoms with E-state index in [4.69, 9.17) is 15.0 Å². The zero-order chi connectivity index (χ0) is 29.7. The first-order valence-corrected chi connectivity index (χ1v) is 14.4. The van der Waals surface area contributed by atoms with Gasteiger partial charge in [0.1, 0.15) is 39.3 Å². The van der Waals surface area contributed by atoms with E-state index in [-0.39, 0.29) is 22.8 Å². The molecule has 0 bridgehead atoms. The number of ether oxygens (including phenoxy) is 1. The average Bonchev–Trinajstić information content (AvgIpc) is 3.27. The number of halogens is 1. The van der Waals surface area contributed by atoms with Crippen LogP contribution in [0.1, 0.15) is 75.1 Å². The van der Waals surface area contributed by atoms with Crippen LogP contribution < -0.4 is 10.6 Å². The van der Waals surface area contributed by atoms with Crippen molar-refractivity contribution < 1.29 is 22.9 Å². The van der Waals surface area contributed by atoms with Gasteiger partial charge in [-0.15, -0.1) is 0 Å². The van der Waals surface area contributed by atoms with E-state index < -0.39 is 48.7 Å². The molecule has 0 saturated heterocycles. The first kappa shape index (κ1) is 29.1. The fourth-order valence-electron chi connectivity index (χ4n) is 5.11. The van der Waals surface area contributed by atoms with Crippen molar-refractivity contribution in [1.82, 2.24) is 10.3 Å². The lowest BCUT2D eigenvalue weighted by Crippen LogP contribution is -2.60. The summed E-state index contributed by atoms with van der Waals surface area (Å²) < 4.78 is 38.8. The second kappa shape index (κ2) is 9.96. The van der Waals surface area contributed by atoms with Crippen molar-refractivity contribution >= 4 is 33.3 Å². The SMILES string of the molecule is Cc1cc(C#N)cnc1C(=O)Nc1ccc(F)c([C@@]2(C)N=C(NC(=O)OC(C)(C)C)C(C)(C)S3(=O)=NCCC23)c1. The number of rotatable bonds is 3. The highest BCUT2D eigenvalue weighted by Crippen LogP contribution is 2.48. The zero-order valence-corrected chi connectivity index (χ0v) is 24.4. The lowest BCUT2D eigenvalue weighted by atomic mass is 9.85. The molecule has 12 heteroatoms. The Morgan fingerprint density at radius 1 is 1.20 bits per heavy atom. The molecule has 3 atom stereocenters. The average molecular weight is 569 g/mol. The molecule has 0 spiro atoms. The van der Waals surface area contributed by atoms with E-state index in [0.29, 0.717) is 24.1 Å². The Morgan fingerprint density at radius 3 is 2.52 bits per heavy atom. The number of hydrogen-bond acceptors (Lipinski definition) is 8. The van der Waals surface area contributed by atoms with Gasteiger partial charge in [-0.25, -0.2) is 22.7 Å². The van der Waals surface area contributed by atoms with E-state index in [1.54, 1.807) is 54.5 Å². The number of hydrogen-bond donors (Lipinski definition) is 2. The number of nitrogens with one attached hydrogen (secondary N) is 2. The smallest absolute Gasteiger partial charge is 0.413 e. The van der Waals surface area contributed by atoms with Crippen LogP contribution in [0.15, 0.2) is 39.8 Å². The Labute approximate surface area is 233 Å². The van der Waals surface area contributed by atoms with Gasteiger partial charge in [0.05, 0.1) is 20.5 Å². The number of nitrogens with zero attached hydrogens (tertiary/aromatic N) is 4. The zero-order valence-electron chi connectivity index (χ0n) is 23.6. The lowest BCUT2D eigenvalue weighted by molar-refractivity contribution is 0.0560. The Balaban J connectivity index is 1.77. The molecule has 0 radical (unpaired) electrons. The van der Waals surface area contributed by atoms with E-state index >= 15 is 4.39 Å². The molecule has 2 aliphatic rings. The molecule has 212 valence electrons. The number of aryl methyl sites for hydroxylation is 1. The number of aromatic nitrogens is 1. The molecule has 2 amide bonds. The van der Waals surface area contributed by atoms with Crippen LogP contribution in [0.5, 0.6) is 0 Å². The number of carbonyl (C=O) groups is 2. The third kappa shape index (κ3) is 5.06. The highest BCUT2D eigenvalue weighted by molar-refractivity contribution is 7.96. The Kier molecular flexibility index (Phi) is 7.26. The number of carbonyl (C=O) groups excluding carboxylic acids is 2. The van der Waals surface area contributed by atoms with Crippen LogP contribution in [0.25, 0.3) is 0 Å². The monoisotopic (exact) mass is 568 g/mol. The van der Waals surface area contributed by atoms with Crippen molar-refractivity contribution in [2.45, 2.75) is 76.0 Å². The van der Waals surface area contributed by atoms with E-state index in [1.807, 2.05) is 6.07 Å². The molecule has 10 nitrogen and oxygen atoms in total. The molecule has 0 aliphatic carbocycles. The molecular formula is C28H33FN6O4S. The molecule has 0 saturated carbocycles. The maximum Gasteiger partial charge on any atom is 0.413 e. The predicted molar refractivity (Wildman–Crippen MR) is 150 cm³/mol. The van der Waals surface area contributed by atoms with Gasteiger partial charge in [-0.2, -0.15) is 5.26 Å². The number of benzene rings is 1. The summed E-state index contributed by atoms with van der Waals surface area (Å²) in [5.74, 6) is -1.06. The molecule has 3 heterocycles. The van der Waals surface area contributed by atoms with Crippen LogP contribution in [0.2, 0.25) is 0 Å². The van der Waals surface area contributed by atoms with Crippen molar-refractivity contribution in [2.75, 3.05) is 11.9 Å². The number of anilines is 1. The Hall–Kier alpha value is -3.85. The highest BCUT2D eigenvalue weighted by atomic mass is 32.2. The Morgan fingerprint density at radius 2 is 1.90 bits per heavy atom. The second-order valence-electron chi connectivity index (χ2n) is 11.6. The minimum atomic E-state index is -3.04. The summed E-state index contributed by atoms with van der Waals surface area (Å²) in [5.41, 5.74) is -0.837. The predicted octanol–water partition coefficient (Wildman–Crippen LogP) is 4.82. The van der Waals surface area contributed by atoms with Crippen LogP contribution in [-0.4, -0.2) is 49.2 Å². The third-order valence-electron chi connectivity index (χ3n) is 7.14. The van der Waals surface area contributed by atoms with E-state index in [0.717, 1.165) is 0 Å². The lowest BCUT2D eigenvalue weighted by Gasteiger charge is -2.45. The quantitative estimate of drug-likeness (QED) is 0.543. The number of aliphatic imine (C=N–C) groups is 1. The van der Waals surface area contributed by atoms with Crippen LogP contribution in [-0.2, 0) is 20.0 Å². The summed E-state index contributed by atoms with van der Waals surface area (Å²) in [7, 11) is -3.04. The Bertz CT molecular complexity index is 1600. The van der Waals surface area contributed by atoms with Gasteiger partial charge in [0, 0.05) is 24.0 Å². The first-order chi connectivity index (χ1) is 18.5. The topological polar surface area (TPSA) is 146 Å². The van der Waals surface area contributed by atoms with Gasteiger partial charge in [-0.05, 0) is 84.7 Å². The minimum Gasteiger partial charge on any atom is -0.444 e.